The molecule has 25 heavy (non-hydrogen) atoms. The van der Waals surface area contributed by atoms with E-state index in [1.54, 1.807) is 0 Å². The number of hydrogen-bond acceptors (Lipinski definition) is 3. The summed E-state index contributed by atoms with van der Waals surface area (Å²) in [5, 5.41) is 3.23. The lowest BCUT2D eigenvalue weighted by Gasteiger charge is -2.37. The molecular formula is C20H31N3O2. The van der Waals surface area contributed by atoms with E-state index in [-0.39, 0.29) is 24.3 Å². The second-order valence-electron chi connectivity index (χ2n) is 7.65. The molecule has 2 heterocycles. The summed E-state index contributed by atoms with van der Waals surface area (Å²) in [4.78, 5) is 16.9. The van der Waals surface area contributed by atoms with Crippen molar-refractivity contribution < 1.29 is 9.53 Å². The third kappa shape index (κ3) is 5.19. The Balaban J connectivity index is 1.43. The molecule has 5 heteroatoms. The second-order valence-corrected chi connectivity index (χ2v) is 7.65. The van der Waals surface area contributed by atoms with Crippen molar-refractivity contribution in [1.82, 2.24) is 15.1 Å². The van der Waals surface area contributed by atoms with E-state index in [0.717, 1.165) is 32.5 Å². The Morgan fingerprint density at radius 3 is 2.52 bits per heavy atom. The zero-order chi connectivity index (χ0) is 17.8. The third-order valence-corrected chi connectivity index (χ3v) is 5.11. The fraction of sp³-hybridized carbons (Fsp3) is 0.650. The molecule has 2 amide bonds. The quantitative estimate of drug-likeness (QED) is 0.916. The molecule has 5 nitrogen and oxygen atoms in total. The van der Waals surface area contributed by atoms with Crippen LogP contribution in [0.5, 0.6) is 0 Å². The molecule has 2 fully saturated rings. The third-order valence-electron chi connectivity index (χ3n) is 5.11. The van der Waals surface area contributed by atoms with Crippen molar-refractivity contribution in [2.75, 3.05) is 26.2 Å². The number of benzene rings is 1. The number of piperidine rings is 1. The van der Waals surface area contributed by atoms with Crippen LogP contribution >= 0.6 is 0 Å². The number of carbonyl (C=O) groups excluding carboxylic acids is 1. The molecule has 3 rings (SSSR count). The molecule has 0 bridgehead atoms. The van der Waals surface area contributed by atoms with Crippen LogP contribution in [0.25, 0.3) is 0 Å². The maximum Gasteiger partial charge on any atom is 0.317 e. The zero-order valence-corrected chi connectivity index (χ0v) is 15.7. The molecule has 0 saturated carbocycles. The Labute approximate surface area is 151 Å². The Hall–Kier alpha value is -1.59. The van der Waals surface area contributed by atoms with Gasteiger partial charge in [0.2, 0.25) is 0 Å². The number of rotatable bonds is 3. The lowest BCUT2D eigenvalue weighted by molar-refractivity contribution is -0.0549. The number of morpholine rings is 1. The molecule has 0 aliphatic carbocycles. The molecule has 0 spiro atoms. The molecule has 2 atom stereocenters. The maximum atomic E-state index is 12.5. The molecule has 2 saturated heterocycles. The predicted molar refractivity (Wildman–Crippen MR) is 99.6 cm³/mol. The van der Waals surface area contributed by atoms with Gasteiger partial charge in [-0.3, -0.25) is 4.90 Å². The number of nitrogens with zero attached hydrogens (tertiary/aromatic N) is 2. The van der Waals surface area contributed by atoms with Gasteiger partial charge in [-0.1, -0.05) is 29.8 Å². The van der Waals surface area contributed by atoms with Crippen molar-refractivity contribution >= 4 is 6.03 Å². The van der Waals surface area contributed by atoms with Crippen molar-refractivity contribution in [2.45, 2.75) is 58.4 Å². The van der Waals surface area contributed by atoms with E-state index in [9.17, 15) is 4.79 Å². The molecule has 2 aliphatic heterocycles. The second kappa shape index (κ2) is 8.19. The minimum atomic E-state index is 0.0686. The average Bonchev–Trinajstić information content (AvgIpc) is 2.56. The van der Waals surface area contributed by atoms with Crippen molar-refractivity contribution in [3.63, 3.8) is 0 Å². The molecule has 2 aliphatic rings. The molecule has 2 unspecified atom stereocenters. The van der Waals surface area contributed by atoms with E-state index in [4.69, 9.17) is 4.74 Å². The zero-order valence-electron chi connectivity index (χ0n) is 15.7. The van der Waals surface area contributed by atoms with Crippen LogP contribution in [0, 0.1) is 6.92 Å². The van der Waals surface area contributed by atoms with Gasteiger partial charge in [0.25, 0.3) is 0 Å². The first kappa shape index (κ1) is 18.2. The lowest BCUT2D eigenvalue weighted by atomic mass is 10.0. The summed E-state index contributed by atoms with van der Waals surface area (Å²) < 4.78 is 5.71. The Bertz CT molecular complexity index is 574. The Kier molecular flexibility index (Phi) is 5.97. The van der Waals surface area contributed by atoms with Gasteiger partial charge < -0.3 is 15.0 Å². The number of urea groups is 1. The number of ether oxygens (including phenoxy) is 1. The van der Waals surface area contributed by atoms with E-state index in [1.807, 2.05) is 18.7 Å². The van der Waals surface area contributed by atoms with Gasteiger partial charge in [0.15, 0.2) is 0 Å². The summed E-state index contributed by atoms with van der Waals surface area (Å²) in [7, 11) is 0. The van der Waals surface area contributed by atoms with Gasteiger partial charge in [-0.05, 0) is 39.2 Å². The van der Waals surface area contributed by atoms with Gasteiger partial charge in [-0.25, -0.2) is 4.79 Å². The highest BCUT2D eigenvalue weighted by Gasteiger charge is 2.28. The standard InChI is InChI=1S/C20H31N3O2/c1-15-5-4-6-18(11-15)14-22-9-7-19(8-10-22)21-20(24)23-12-16(2)25-17(3)13-23/h4-6,11,16-17,19H,7-10,12-14H2,1-3H3,(H,21,24). The summed E-state index contributed by atoms with van der Waals surface area (Å²) in [6.07, 6.45) is 2.27. The minimum absolute atomic E-state index is 0.0686. The van der Waals surface area contributed by atoms with E-state index < -0.39 is 0 Å². The molecule has 1 aromatic carbocycles. The fourth-order valence-electron chi connectivity index (χ4n) is 3.91. The summed E-state index contributed by atoms with van der Waals surface area (Å²) >= 11 is 0. The molecule has 0 radical (unpaired) electrons. The topological polar surface area (TPSA) is 44.8 Å². The van der Waals surface area contributed by atoms with Crippen LogP contribution in [0.3, 0.4) is 0 Å². The number of nitrogens with one attached hydrogen (secondary N) is 1. The SMILES string of the molecule is Cc1cccc(CN2CCC(NC(=O)N3CC(C)OC(C)C3)CC2)c1. The molecular weight excluding hydrogens is 314 g/mol. The Morgan fingerprint density at radius 2 is 1.88 bits per heavy atom. The van der Waals surface area contributed by atoms with Gasteiger partial charge >= 0.3 is 6.03 Å². The first-order chi connectivity index (χ1) is 12.0. The van der Waals surface area contributed by atoms with Crippen molar-refractivity contribution in [3.8, 4) is 0 Å². The fourth-order valence-corrected chi connectivity index (χ4v) is 3.91. The van der Waals surface area contributed by atoms with Gasteiger partial charge in [0.1, 0.15) is 0 Å². The normalized spacial score (nSPS) is 25.8. The summed E-state index contributed by atoms with van der Waals surface area (Å²) in [6.45, 7) is 10.6. The first-order valence-corrected chi connectivity index (χ1v) is 9.48. The van der Waals surface area contributed by atoms with Gasteiger partial charge in [-0.2, -0.15) is 0 Å². The summed E-state index contributed by atoms with van der Waals surface area (Å²) in [5.41, 5.74) is 2.69. The number of likely N-dealkylation sites (tertiary alicyclic amines) is 1. The van der Waals surface area contributed by atoms with Crippen LogP contribution in [-0.2, 0) is 11.3 Å². The number of amides is 2. The van der Waals surface area contributed by atoms with Gasteiger partial charge in [0, 0.05) is 38.8 Å². The van der Waals surface area contributed by atoms with Crippen LogP contribution in [-0.4, -0.2) is 60.3 Å². The highest BCUT2D eigenvalue weighted by Crippen LogP contribution is 2.16. The van der Waals surface area contributed by atoms with Gasteiger partial charge in [0.05, 0.1) is 12.2 Å². The van der Waals surface area contributed by atoms with Crippen molar-refractivity contribution in [1.29, 1.82) is 0 Å². The minimum Gasteiger partial charge on any atom is -0.372 e. The highest BCUT2D eigenvalue weighted by atomic mass is 16.5. The smallest absolute Gasteiger partial charge is 0.317 e. The Morgan fingerprint density at radius 1 is 1.20 bits per heavy atom. The summed E-state index contributed by atoms with van der Waals surface area (Å²) in [6, 6.07) is 9.07. The average molecular weight is 345 g/mol. The molecule has 0 aromatic heterocycles. The number of carbonyl (C=O) groups is 1. The molecule has 138 valence electrons. The van der Waals surface area contributed by atoms with Crippen LogP contribution in [0.1, 0.15) is 37.8 Å². The summed E-state index contributed by atoms with van der Waals surface area (Å²) in [5.74, 6) is 0. The monoisotopic (exact) mass is 345 g/mol. The maximum absolute atomic E-state index is 12.5. The first-order valence-electron chi connectivity index (χ1n) is 9.48. The number of hydrogen-bond donors (Lipinski definition) is 1. The van der Waals surface area contributed by atoms with E-state index in [0.29, 0.717) is 13.1 Å². The van der Waals surface area contributed by atoms with Crippen LogP contribution in [0.4, 0.5) is 4.79 Å². The van der Waals surface area contributed by atoms with E-state index in [2.05, 4.69) is 41.4 Å². The van der Waals surface area contributed by atoms with E-state index >= 15 is 0 Å². The molecule has 1 N–H and O–H groups in total. The van der Waals surface area contributed by atoms with Crippen LogP contribution in [0.2, 0.25) is 0 Å². The highest BCUT2D eigenvalue weighted by molar-refractivity contribution is 5.74. The van der Waals surface area contributed by atoms with Crippen LogP contribution in [0.15, 0.2) is 24.3 Å². The van der Waals surface area contributed by atoms with Crippen molar-refractivity contribution in [2.24, 2.45) is 0 Å². The van der Waals surface area contributed by atoms with Crippen molar-refractivity contribution in [3.05, 3.63) is 35.4 Å². The van der Waals surface area contributed by atoms with Crippen LogP contribution < -0.4 is 5.32 Å². The predicted octanol–water partition coefficient (Wildman–Crippen LogP) is 2.78. The molecule has 1 aromatic rings. The largest absolute Gasteiger partial charge is 0.372 e. The number of aryl methyl sites for hydroxylation is 1. The van der Waals surface area contributed by atoms with Gasteiger partial charge in [-0.15, -0.1) is 0 Å². The lowest BCUT2D eigenvalue weighted by Crippen LogP contribution is -2.54. The van der Waals surface area contributed by atoms with E-state index in [1.165, 1.54) is 11.1 Å².